The van der Waals surface area contributed by atoms with Crippen molar-refractivity contribution in [1.29, 1.82) is 0 Å². The molecule has 0 unspecified atom stereocenters. The topological polar surface area (TPSA) is 48.9 Å². The molecule has 8 heteroatoms. The van der Waals surface area contributed by atoms with Gasteiger partial charge >= 0.3 is 6.18 Å². The van der Waals surface area contributed by atoms with Crippen LogP contribution in [0, 0.1) is 0 Å². The molecule has 0 atom stereocenters. The zero-order chi connectivity index (χ0) is 16.1. The maximum Gasteiger partial charge on any atom is 0.401 e. The summed E-state index contributed by atoms with van der Waals surface area (Å²) in [5.41, 5.74) is 0. The lowest BCUT2D eigenvalue weighted by molar-refractivity contribution is -0.142. The van der Waals surface area contributed by atoms with Crippen molar-refractivity contribution >= 4 is 5.96 Å². The van der Waals surface area contributed by atoms with Crippen molar-refractivity contribution in [2.75, 3.05) is 53.0 Å². The maximum atomic E-state index is 12.2. The van der Waals surface area contributed by atoms with Crippen LogP contribution in [0.1, 0.15) is 20.3 Å². The highest BCUT2D eigenvalue weighted by Gasteiger charge is 2.28. The van der Waals surface area contributed by atoms with Crippen molar-refractivity contribution in [2.24, 2.45) is 4.99 Å². The fourth-order valence-electron chi connectivity index (χ4n) is 1.59. The van der Waals surface area contributed by atoms with Crippen LogP contribution in [0.2, 0.25) is 0 Å². The summed E-state index contributed by atoms with van der Waals surface area (Å²) in [6.45, 7) is 6.34. The second-order valence-corrected chi connectivity index (χ2v) is 4.59. The third-order valence-corrected chi connectivity index (χ3v) is 2.50. The zero-order valence-electron chi connectivity index (χ0n) is 13.1. The summed E-state index contributed by atoms with van der Waals surface area (Å²) in [5, 5.41) is 6.07. The molecule has 0 aromatic heterocycles. The van der Waals surface area contributed by atoms with E-state index in [1.807, 2.05) is 13.8 Å². The molecule has 0 aliphatic heterocycles. The lowest BCUT2D eigenvalue weighted by Crippen LogP contribution is -2.42. The van der Waals surface area contributed by atoms with Crippen molar-refractivity contribution in [1.82, 2.24) is 15.5 Å². The van der Waals surface area contributed by atoms with Gasteiger partial charge in [-0.05, 0) is 27.3 Å². The van der Waals surface area contributed by atoms with E-state index in [9.17, 15) is 13.2 Å². The molecule has 126 valence electrons. The summed E-state index contributed by atoms with van der Waals surface area (Å²) in [6.07, 6.45) is -3.34. The Bertz CT molecular complexity index is 285. The Labute approximate surface area is 124 Å². The molecule has 0 fully saturated rings. The Morgan fingerprint density at radius 3 is 2.52 bits per heavy atom. The van der Waals surface area contributed by atoms with E-state index >= 15 is 0 Å². The molecule has 0 radical (unpaired) electrons. The number of rotatable bonds is 10. The van der Waals surface area contributed by atoms with Gasteiger partial charge in [-0.2, -0.15) is 13.2 Å². The summed E-state index contributed by atoms with van der Waals surface area (Å²) in [4.78, 5) is 5.56. The van der Waals surface area contributed by atoms with E-state index in [0.717, 1.165) is 6.42 Å². The molecule has 0 saturated carbocycles. The second-order valence-electron chi connectivity index (χ2n) is 4.59. The zero-order valence-corrected chi connectivity index (χ0v) is 13.1. The summed E-state index contributed by atoms with van der Waals surface area (Å²) in [5.74, 6) is 0.620. The highest BCUT2D eigenvalue weighted by molar-refractivity contribution is 5.79. The highest BCUT2D eigenvalue weighted by atomic mass is 19.4. The molecule has 0 heterocycles. The summed E-state index contributed by atoms with van der Waals surface area (Å²) < 4.78 is 41.7. The molecule has 0 aromatic carbocycles. The van der Waals surface area contributed by atoms with Gasteiger partial charge in [-0.15, -0.1) is 0 Å². The van der Waals surface area contributed by atoms with Gasteiger partial charge in [0.25, 0.3) is 0 Å². The molecule has 21 heavy (non-hydrogen) atoms. The molecule has 2 N–H and O–H groups in total. The van der Waals surface area contributed by atoms with Crippen LogP contribution in [-0.2, 0) is 4.74 Å². The molecule has 5 nitrogen and oxygen atoms in total. The minimum atomic E-state index is -4.16. The number of hydrogen-bond donors (Lipinski definition) is 2. The normalized spacial score (nSPS) is 12.8. The van der Waals surface area contributed by atoms with Crippen molar-refractivity contribution in [2.45, 2.75) is 26.4 Å². The number of guanidine groups is 1. The van der Waals surface area contributed by atoms with Gasteiger partial charge in [-0.25, -0.2) is 0 Å². The Morgan fingerprint density at radius 2 is 1.95 bits per heavy atom. The number of likely N-dealkylation sites (N-methyl/N-ethyl adjacent to an activating group) is 1. The number of hydrogen-bond acceptors (Lipinski definition) is 3. The number of aliphatic imine (C=N–C) groups is 1. The lowest BCUT2D eigenvalue weighted by atomic mass is 10.4. The summed E-state index contributed by atoms with van der Waals surface area (Å²) in [6, 6.07) is 0. The Hall–Kier alpha value is -1.02. The molecule has 0 bridgehead atoms. The molecule has 0 aliphatic carbocycles. The van der Waals surface area contributed by atoms with Crippen LogP contribution >= 0.6 is 0 Å². The fourth-order valence-corrected chi connectivity index (χ4v) is 1.59. The third-order valence-electron chi connectivity index (χ3n) is 2.50. The van der Waals surface area contributed by atoms with Gasteiger partial charge in [0, 0.05) is 39.4 Å². The molecule has 0 spiro atoms. The van der Waals surface area contributed by atoms with Crippen LogP contribution in [-0.4, -0.2) is 70.0 Å². The fraction of sp³-hybridized carbons (Fsp3) is 0.923. The van der Waals surface area contributed by atoms with Gasteiger partial charge in [-0.1, -0.05) is 0 Å². The first kappa shape index (κ1) is 20.0. The van der Waals surface area contributed by atoms with Crippen molar-refractivity contribution in [3.8, 4) is 0 Å². The number of ether oxygens (including phenoxy) is 1. The van der Waals surface area contributed by atoms with Gasteiger partial charge in [0.15, 0.2) is 5.96 Å². The predicted molar refractivity (Wildman–Crippen MR) is 78.6 cm³/mol. The SMILES string of the molecule is CCNC(=NCCCOCC)NCCN(C)CC(F)(F)F. The largest absolute Gasteiger partial charge is 0.401 e. The lowest BCUT2D eigenvalue weighted by Gasteiger charge is -2.19. The van der Waals surface area contributed by atoms with Crippen LogP contribution in [0.25, 0.3) is 0 Å². The van der Waals surface area contributed by atoms with Gasteiger partial charge in [0.1, 0.15) is 0 Å². The van der Waals surface area contributed by atoms with E-state index < -0.39 is 12.7 Å². The molecule has 0 amide bonds. The van der Waals surface area contributed by atoms with E-state index in [2.05, 4.69) is 15.6 Å². The monoisotopic (exact) mass is 312 g/mol. The van der Waals surface area contributed by atoms with Gasteiger partial charge in [-0.3, -0.25) is 9.89 Å². The molecule has 0 rings (SSSR count). The average Bonchev–Trinajstić information content (AvgIpc) is 2.36. The van der Waals surface area contributed by atoms with Crippen LogP contribution in [0.4, 0.5) is 13.2 Å². The molecular formula is C13H27F3N4O. The van der Waals surface area contributed by atoms with Gasteiger partial charge in [0.2, 0.25) is 0 Å². The van der Waals surface area contributed by atoms with E-state index in [0.29, 0.717) is 45.4 Å². The summed E-state index contributed by atoms with van der Waals surface area (Å²) in [7, 11) is 1.45. The number of halogens is 3. The molecule has 0 aliphatic rings. The van der Waals surface area contributed by atoms with Gasteiger partial charge < -0.3 is 15.4 Å². The summed E-state index contributed by atoms with van der Waals surface area (Å²) >= 11 is 0. The Kier molecular flexibility index (Phi) is 11.1. The smallest absolute Gasteiger partial charge is 0.382 e. The Morgan fingerprint density at radius 1 is 1.24 bits per heavy atom. The van der Waals surface area contributed by atoms with Crippen LogP contribution in [0.5, 0.6) is 0 Å². The third kappa shape index (κ3) is 13.7. The van der Waals surface area contributed by atoms with Crippen LogP contribution in [0.15, 0.2) is 4.99 Å². The standard InChI is InChI=1S/C13H27F3N4O/c1-4-17-12(18-7-6-10-21-5-2)19-8-9-20(3)11-13(14,15)16/h4-11H2,1-3H3,(H2,17,18,19). The van der Waals surface area contributed by atoms with Crippen molar-refractivity contribution in [3.05, 3.63) is 0 Å². The molecule has 0 aromatic rings. The van der Waals surface area contributed by atoms with Gasteiger partial charge in [0.05, 0.1) is 6.54 Å². The van der Waals surface area contributed by atoms with E-state index in [4.69, 9.17) is 4.74 Å². The van der Waals surface area contributed by atoms with E-state index in [1.54, 1.807) is 0 Å². The number of nitrogens with one attached hydrogen (secondary N) is 2. The quantitative estimate of drug-likeness (QED) is 0.364. The molecular weight excluding hydrogens is 285 g/mol. The minimum absolute atomic E-state index is 0.295. The van der Waals surface area contributed by atoms with Crippen molar-refractivity contribution < 1.29 is 17.9 Å². The Balaban J connectivity index is 3.94. The van der Waals surface area contributed by atoms with E-state index in [1.165, 1.54) is 11.9 Å². The maximum absolute atomic E-state index is 12.2. The van der Waals surface area contributed by atoms with Crippen molar-refractivity contribution in [3.63, 3.8) is 0 Å². The first-order valence-electron chi connectivity index (χ1n) is 7.24. The predicted octanol–water partition coefficient (Wildman–Crippen LogP) is 1.46. The highest BCUT2D eigenvalue weighted by Crippen LogP contribution is 2.14. The minimum Gasteiger partial charge on any atom is -0.382 e. The molecule has 0 saturated heterocycles. The van der Waals surface area contributed by atoms with Crippen LogP contribution in [0.3, 0.4) is 0 Å². The van der Waals surface area contributed by atoms with E-state index in [-0.39, 0.29) is 0 Å². The number of alkyl halides is 3. The average molecular weight is 312 g/mol. The van der Waals surface area contributed by atoms with Crippen LogP contribution < -0.4 is 10.6 Å². The first-order chi connectivity index (χ1) is 9.89. The first-order valence-corrected chi connectivity index (χ1v) is 7.24. The second kappa shape index (κ2) is 11.6. The number of nitrogens with zero attached hydrogens (tertiary/aromatic N) is 2.